The van der Waals surface area contributed by atoms with E-state index >= 15 is 0 Å². The highest BCUT2D eigenvalue weighted by atomic mass is 16.5. The van der Waals surface area contributed by atoms with Crippen LogP contribution in [0.5, 0.6) is 11.8 Å². The van der Waals surface area contributed by atoms with E-state index < -0.39 is 0 Å². The monoisotopic (exact) mass is 407 g/mol. The van der Waals surface area contributed by atoms with Gasteiger partial charge in [0.25, 0.3) is 0 Å². The molecule has 3 aromatic rings. The number of benzene rings is 2. The average molecular weight is 408 g/mol. The maximum Gasteiger partial charge on any atom is 0.318 e. The molecule has 2 aromatic carbocycles. The Hall–Kier alpha value is -3.41. The zero-order valence-electron chi connectivity index (χ0n) is 18.2. The quantitative estimate of drug-likeness (QED) is 0.527. The molecule has 0 aliphatic heterocycles. The van der Waals surface area contributed by atoms with Gasteiger partial charge in [-0.25, -0.2) is 0 Å². The second-order valence-corrected chi connectivity index (χ2v) is 6.29. The van der Waals surface area contributed by atoms with Crippen LogP contribution in [-0.2, 0) is 6.42 Å². The molecule has 6 heteroatoms. The van der Waals surface area contributed by atoms with Crippen molar-refractivity contribution in [1.29, 1.82) is 0 Å². The number of aromatic nitrogens is 2. The number of rotatable bonds is 8. The number of nitrogens with one attached hydrogen (secondary N) is 1. The van der Waals surface area contributed by atoms with Gasteiger partial charge in [0.05, 0.1) is 19.9 Å². The Balaban J connectivity index is 0.00000155. The van der Waals surface area contributed by atoms with Crippen LogP contribution in [0.4, 0.5) is 5.82 Å². The number of hydrogen-bond donors (Lipinski definition) is 1. The first kappa shape index (κ1) is 22.9. The second-order valence-electron chi connectivity index (χ2n) is 6.29. The maximum absolute atomic E-state index is 11.7. The molecular weight excluding hydrogens is 378 g/mol. The van der Waals surface area contributed by atoms with Gasteiger partial charge in [0.1, 0.15) is 11.6 Å². The number of ether oxygens (including phenoxy) is 2. The summed E-state index contributed by atoms with van der Waals surface area (Å²) in [4.78, 5) is 20.4. The summed E-state index contributed by atoms with van der Waals surface area (Å²) in [5.41, 5.74) is 3.38. The highest BCUT2D eigenvalue weighted by Crippen LogP contribution is 2.23. The van der Waals surface area contributed by atoms with E-state index in [9.17, 15) is 4.79 Å². The Bertz CT molecular complexity index is 956. The van der Waals surface area contributed by atoms with Crippen LogP contribution in [0.25, 0.3) is 11.3 Å². The topological polar surface area (TPSA) is 73.3 Å². The summed E-state index contributed by atoms with van der Waals surface area (Å²) in [5.74, 6) is 1.53. The van der Waals surface area contributed by atoms with Crippen molar-refractivity contribution in [1.82, 2.24) is 9.97 Å². The standard InChI is InChI=1S/C22H23N3O3.C2H6/c1-15(26)17-5-4-6-18(13-17)20-14-21(25-22(24-20)28-3)23-12-11-16-7-9-19(27-2)10-8-16;1-2/h4-10,13-14H,11-12H2,1-3H3,(H,23,24,25);1-2H3. The number of hydrogen-bond acceptors (Lipinski definition) is 6. The highest BCUT2D eigenvalue weighted by molar-refractivity contribution is 5.95. The van der Waals surface area contributed by atoms with E-state index in [1.807, 2.05) is 62.4 Å². The number of anilines is 1. The summed E-state index contributed by atoms with van der Waals surface area (Å²) in [7, 11) is 3.19. The first-order chi connectivity index (χ1) is 14.6. The number of ketones is 1. The molecule has 0 aliphatic carbocycles. The van der Waals surface area contributed by atoms with Gasteiger partial charge in [0, 0.05) is 23.7 Å². The third-order valence-corrected chi connectivity index (χ3v) is 4.33. The molecule has 0 radical (unpaired) electrons. The zero-order chi connectivity index (χ0) is 21.9. The van der Waals surface area contributed by atoms with Gasteiger partial charge in [-0.3, -0.25) is 4.79 Å². The first-order valence-corrected chi connectivity index (χ1v) is 10.0. The summed E-state index contributed by atoms with van der Waals surface area (Å²) < 4.78 is 10.4. The minimum Gasteiger partial charge on any atom is -0.497 e. The van der Waals surface area contributed by atoms with Crippen molar-refractivity contribution in [3.63, 3.8) is 0 Å². The van der Waals surface area contributed by atoms with E-state index in [1.165, 1.54) is 12.7 Å². The lowest BCUT2D eigenvalue weighted by molar-refractivity contribution is 0.101. The first-order valence-electron chi connectivity index (χ1n) is 10.0. The van der Waals surface area contributed by atoms with Crippen molar-refractivity contribution in [3.05, 3.63) is 65.7 Å². The molecule has 6 nitrogen and oxygen atoms in total. The van der Waals surface area contributed by atoms with Gasteiger partial charge < -0.3 is 14.8 Å². The van der Waals surface area contributed by atoms with Crippen LogP contribution >= 0.6 is 0 Å². The second kappa shape index (κ2) is 11.6. The van der Waals surface area contributed by atoms with Gasteiger partial charge in [-0.2, -0.15) is 9.97 Å². The van der Waals surface area contributed by atoms with E-state index in [0.29, 0.717) is 23.6 Å². The minimum atomic E-state index is 0.0145. The molecule has 158 valence electrons. The number of methoxy groups -OCH3 is 2. The number of Topliss-reactive ketones (excluding diaryl/α,β-unsaturated/α-hetero) is 1. The lowest BCUT2D eigenvalue weighted by Gasteiger charge is -2.10. The predicted molar refractivity (Wildman–Crippen MR) is 121 cm³/mol. The van der Waals surface area contributed by atoms with Gasteiger partial charge in [-0.1, -0.05) is 44.2 Å². The van der Waals surface area contributed by atoms with Gasteiger partial charge >= 0.3 is 6.01 Å². The maximum atomic E-state index is 11.7. The van der Waals surface area contributed by atoms with Gasteiger partial charge in [0.15, 0.2) is 5.78 Å². The Labute approximate surface area is 178 Å². The summed E-state index contributed by atoms with van der Waals surface area (Å²) >= 11 is 0. The van der Waals surface area contributed by atoms with Crippen LogP contribution in [0.1, 0.15) is 36.7 Å². The van der Waals surface area contributed by atoms with Crippen molar-refractivity contribution in [2.24, 2.45) is 0 Å². The molecule has 1 aromatic heterocycles. The van der Waals surface area contributed by atoms with Crippen LogP contribution < -0.4 is 14.8 Å². The van der Waals surface area contributed by atoms with Crippen molar-refractivity contribution in [2.75, 3.05) is 26.1 Å². The van der Waals surface area contributed by atoms with Crippen molar-refractivity contribution in [2.45, 2.75) is 27.2 Å². The molecule has 1 heterocycles. The molecule has 1 N–H and O–H groups in total. The van der Waals surface area contributed by atoms with Crippen molar-refractivity contribution < 1.29 is 14.3 Å². The Morgan fingerprint density at radius 3 is 2.33 bits per heavy atom. The van der Waals surface area contributed by atoms with Crippen LogP contribution in [-0.4, -0.2) is 36.5 Å². The molecule has 0 unspecified atom stereocenters. The van der Waals surface area contributed by atoms with Crippen LogP contribution in [0.3, 0.4) is 0 Å². The SMILES string of the molecule is CC.COc1ccc(CCNc2cc(-c3cccc(C(C)=O)c3)nc(OC)n2)cc1. The van der Waals surface area contributed by atoms with E-state index in [4.69, 9.17) is 9.47 Å². The smallest absolute Gasteiger partial charge is 0.318 e. The Morgan fingerprint density at radius 1 is 0.967 bits per heavy atom. The molecule has 0 aliphatic rings. The van der Waals surface area contributed by atoms with E-state index in [-0.39, 0.29) is 11.8 Å². The Morgan fingerprint density at radius 2 is 1.70 bits per heavy atom. The van der Waals surface area contributed by atoms with Gasteiger partial charge in [-0.15, -0.1) is 0 Å². The third kappa shape index (κ3) is 6.30. The molecule has 0 spiro atoms. The lowest BCUT2D eigenvalue weighted by Crippen LogP contribution is -2.08. The summed E-state index contributed by atoms with van der Waals surface area (Å²) in [6, 6.07) is 17.5. The van der Waals surface area contributed by atoms with E-state index in [1.54, 1.807) is 20.1 Å². The van der Waals surface area contributed by atoms with Crippen molar-refractivity contribution in [3.8, 4) is 23.0 Å². The van der Waals surface area contributed by atoms with E-state index in [2.05, 4.69) is 15.3 Å². The van der Waals surface area contributed by atoms with Crippen LogP contribution in [0, 0.1) is 0 Å². The summed E-state index contributed by atoms with van der Waals surface area (Å²) in [6.07, 6.45) is 0.839. The predicted octanol–water partition coefficient (Wildman–Crippen LogP) is 5.04. The highest BCUT2D eigenvalue weighted by Gasteiger charge is 2.09. The summed E-state index contributed by atoms with van der Waals surface area (Å²) in [5, 5.41) is 3.31. The molecule has 0 saturated carbocycles. The molecule has 0 fully saturated rings. The fraction of sp³-hybridized carbons (Fsp3) is 0.292. The van der Waals surface area contributed by atoms with E-state index in [0.717, 1.165) is 17.7 Å². The molecular formula is C24H29N3O3. The minimum absolute atomic E-state index is 0.0145. The van der Waals surface area contributed by atoms with Crippen LogP contribution in [0.2, 0.25) is 0 Å². The Kier molecular flexibility index (Phi) is 8.81. The van der Waals surface area contributed by atoms with Crippen molar-refractivity contribution >= 4 is 11.6 Å². The molecule has 0 bridgehead atoms. The lowest BCUT2D eigenvalue weighted by atomic mass is 10.1. The number of carbonyl (C=O) groups excluding carboxylic acids is 1. The van der Waals surface area contributed by atoms with Crippen LogP contribution in [0.15, 0.2) is 54.6 Å². The fourth-order valence-electron chi connectivity index (χ4n) is 2.78. The number of carbonyl (C=O) groups is 1. The molecule has 0 amide bonds. The molecule has 0 atom stereocenters. The average Bonchev–Trinajstić information content (AvgIpc) is 2.80. The summed E-state index contributed by atoms with van der Waals surface area (Å²) in [6.45, 7) is 6.26. The molecule has 3 rings (SSSR count). The normalized spacial score (nSPS) is 9.90. The van der Waals surface area contributed by atoms with Gasteiger partial charge in [0.2, 0.25) is 0 Å². The number of nitrogens with zero attached hydrogens (tertiary/aromatic N) is 2. The molecule has 0 saturated heterocycles. The fourth-order valence-corrected chi connectivity index (χ4v) is 2.78. The largest absolute Gasteiger partial charge is 0.497 e. The van der Waals surface area contributed by atoms with Gasteiger partial charge in [-0.05, 0) is 37.1 Å². The third-order valence-electron chi connectivity index (χ3n) is 4.33. The molecule has 30 heavy (non-hydrogen) atoms. The zero-order valence-corrected chi connectivity index (χ0v) is 18.2.